The number of carbonyl (C=O) groups excluding carboxylic acids is 1. The van der Waals surface area contributed by atoms with E-state index in [0.29, 0.717) is 5.69 Å². The van der Waals surface area contributed by atoms with E-state index >= 15 is 0 Å². The summed E-state index contributed by atoms with van der Waals surface area (Å²) in [7, 11) is 1.67. The average Bonchev–Trinajstić information content (AvgIpc) is 2.48. The highest BCUT2D eigenvalue weighted by atomic mass is 16.1. The number of aromatic nitrogens is 3. The molecule has 1 aromatic rings. The molecule has 0 bridgehead atoms. The van der Waals surface area contributed by atoms with Crippen LogP contribution in [-0.2, 0) is 7.05 Å². The fraction of sp³-hybridized carbons (Fsp3) is 0.625. The minimum absolute atomic E-state index is 0.109. The number of nitrogens with zero attached hydrogens (tertiary/aromatic N) is 3. The van der Waals surface area contributed by atoms with Gasteiger partial charge in [0.05, 0.1) is 12.2 Å². The molecule has 0 aliphatic rings. The molecule has 0 spiro atoms. The molecule has 0 amide bonds. The second kappa shape index (κ2) is 3.66. The molecule has 0 radical (unpaired) electrons. The van der Waals surface area contributed by atoms with E-state index in [1.165, 1.54) is 10.9 Å². The molecule has 0 fully saturated rings. The number of ketones is 1. The second-order valence-electron chi connectivity index (χ2n) is 3.38. The maximum atomic E-state index is 11.6. The fourth-order valence-electron chi connectivity index (χ4n) is 0.986. The third-order valence-electron chi connectivity index (χ3n) is 1.99. The first-order valence-electron chi connectivity index (χ1n) is 4.18. The number of aryl methyl sites for hydroxylation is 1. The maximum absolute atomic E-state index is 11.6. The highest BCUT2D eigenvalue weighted by Crippen LogP contribution is 2.06. The predicted octanol–water partition coefficient (Wildman–Crippen LogP) is -0.0189. The number of rotatable bonds is 3. The number of hydrogen-bond acceptors (Lipinski definition) is 4. The number of hydrogen-bond donors (Lipinski definition) is 1. The summed E-state index contributed by atoms with van der Waals surface area (Å²) in [5.74, 6) is 0.0184. The molecular weight excluding hydrogens is 168 g/mol. The van der Waals surface area contributed by atoms with Gasteiger partial charge >= 0.3 is 0 Å². The predicted molar refractivity (Wildman–Crippen MR) is 48.1 cm³/mol. The van der Waals surface area contributed by atoms with Gasteiger partial charge in [-0.25, -0.2) is 4.68 Å². The first kappa shape index (κ1) is 9.85. The van der Waals surface area contributed by atoms with Gasteiger partial charge in [0, 0.05) is 7.05 Å². The standard InChI is InChI=1S/C8H14N4O/c1-5(2)7(9)8(13)6-4-10-11-12(6)3/h4-5,7H,9H2,1-3H3. The van der Waals surface area contributed by atoms with Gasteiger partial charge < -0.3 is 5.73 Å². The van der Waals surface area contributed by atoms with Gasteiger partial charge in [-0.1, -0.05) is 19.1 Å². The van der Waals surface area contributed by atoms with Crippen LogP contribution in [0, 0.1) is 5.92 Å². The lowest BCUT2D eigenvalue weighted by molar-refractivity contribution is 0.0931. The minimum Gasteiger partial charge on any atom is -0.321 e. The molecule has 5 heteroatoms. The normalized spacial score (nSPS) is 13.3. The zero-order valence-corrected chi connectivity index (χ0v) is 8.06. The van der Waals surface area contributed by atoms with Crippen LogP contribution in [0.4, 0.5) is 0 Å². The summed E-state index contributed by atoms with van der Waals surface area (Å²) in [4.78, 5) is 11.6. The SMILES string of the molecule is CC(C)C(N)C(=O)c1cnnn1C. The Labute approximate surface area is 76.9 Å². The van der Waals surface area contributed by atoms with Crippen LogP contribution in [0.5, 0.6) is 0 Å². The van der Waals surface area contributed by atoms with Crippen molar-refractivity contribution in [3.8, 4) is 0 Å². The van der Waals surface area contributed by atoms with Crippen molar-refractivity contribution in [1.29, 1.82) is 0 Å². The Morgan fingerprint density at radius 2 is 2.23 bits per heavy atom. The molecule has 2 N–H and O–H groups in total. The molecule has 0 saturated carbocycles. The Hall–Kier alpha value is -1.23. The van der Waals surface area contributed by atoms with E-state index in [9.17, 15) is 4.79 Å². The Balaban J connectivity index is 2.86. The van der Waals surface area contributed by atoms with Gasteiger partial charge in [-0.2, -0.15) is 0 Å². The van der Waals surface area contributed by atoms with Crippen molar-refractivity contribution in [2.75, 3.05) is 0 Å². The van der Waals surface area contributed by atoms with E-state index < -0.39 is 6.04 Å². The van der Waals surface area contributed by atoms with Crippen molar-refractivity contribution in [2.24, 2.45) is 18.7 Å². The van der Waals surface area contributed by atoms with Gasteiger partial charge in [-0.05, 0) is 5.92 Å². The topological polar surface area (TPSA) is 73.8 Å². The van der Waals surface area contributed by atoms with Crippen LogP contribution in [0.15, 0.2) is 6.20 Å². The van der Waals surface area contributed by atoms with Gasteiger partial charge in [0.2, 0.25) is 0 Å². The molecule has 72 valence electrons. The van der Waals surface area contributed by atoms with Gasteiger partial charge in [-0.15, -0.1) is 5.10 Å². The highest BCUT2D eigenvalue weighted by molar-refractivity contribution is 5.98. The summed E-state index contributed by atoms with van der Waals surface area (Å²) in [5, 5.41) is 7.29. The van der Waals surface area contributed by atoms with Crippen molar-refractivity contribution < 1.29 is 4.79 Å². The average molecular weight is 182 g/mol. The summed E-state index contributed by atoms with van der Waals surface area (Å²) in [6, 6.07) is -0.475. The molecule has 0 saturated heterocycles. The largest absolute Gasteiger partial charge is 0.321 e. The van der Waals surface area contributed by atoms with Crippen LogP contribution in [0.2, 0.25) is 0 Å². The van der Waals surface area contributed by atoms with Crippen molar-refractivity contribution in [2.45, 2.75) is 19.9 Å². The van der Waals surface area contributed by atoms with E-state index in [1.807, 2.05) is 13.8 Å². The van der Waals surface area contributed by atoms with Crippen LogP contribution in [-0.4, -0.2) is 26.8 Å². The van der Waals surface area contributed by atoms with Crippen molar-refractivity contribution >= 4 is 5.78 Å². The van der Waals surface area contributed by atoms with Crippen LogP contribution >= 0.6 is 0 Å². The minimum atomic E-state index is -0.475. The molecule has 1 rings (SSSR count). The van der Waals surface area contributed by atoms with E-state index in [-0.39, 0.29) is 11.7 Å². The Kier molecular flexibility index (Phi) is 2.77. The quantitative estimate of drug-likeness (QED) is 0.667. The third-order valence-corrected chi connectivity index (χ3v) is 1.99. The lowest BCUT2D eigenvalue weighted by Gasteiger charge is -2.13. The number of carbonyl (C=O) groups is 1. The van der Waals surface area contributed by atoms with Gasteiger partial charge in [-0.3, -0.25) is 4.79 Å². The monoisotopic (exact) mass is 182 g/mol. The van der Waals surface area contributed by atoms with Crippen LogP contribution in [0.3, 0.4) is 0 Å². The lowest BCUT2D eigenvalue weighted by Crippen LogP contribution is -2.36. The number of nitrogens with two attached hydrogens (primary N) is 1. The molecular formula is C8H14N4O. The number of Topliss-reactive ketones (excluding diaryl/α,β-unsaturated/α-hetero) is 1. The highest BCUT2D eigenvalue weighted by Gasteiger charge is 2.21. The molecule has 1 aromatic heterocycles. The molecule has 0 aromatic carbocycles. The van der Waals surface area contributed by atoms with Gasteiger partial charge in [0.25, 0.3) is 0 Å². The van der Waals surface area contributed by atoms with Gasteiger partial charge in [0.15, 0.2) is 5.78 Å². The summed E-state index contributed by atoms with van der Waals surface area (Å²) in [5.41, 5.74) is 6.16. The van der Waals surface area contributed by atoms with Crippen LogP contribution in [0.25, 0.3) is 0 Å². The lowest BCUT2D eigenvalue weighted by atomic mass is 9.99. The summed E-state index contributed by atoms with van der Waals surface area (Å²) in [6.07, 6.45) is 1.44. The Morgan fingerprint density at radius 3 is 2.62 bits per heavy atom. The zero-order chi connectivity index (χ0) is 10.0. The molecule has 1 atom stereocenters. The summed E-state index contributed by atoms with van der Waals surface area (Å²) in [6.45, 7) is 3.82. The van der Waals surface area contributed by atoms with E-state index in [1.54, 1.807) is 7.05 Å². The van der Waals surface area contributed by atoms with Crippen molar-refractivity contribution in [3.05, 3.63) is 11.9 Å². The van der Waals surface area contributed by atoms with Crippen molar-refractivity contribution in [3.63, 3.8) is 0 Å². The second-order valence-corrected chi connectivity index (χ2v) is 3.38. The Morgan fingerprint density at radius 1 is 1.62 bits per heavy atom. The Bertz CT molecular complexity index is 305. The van der Waals surface area contributed by atoms with Gasteiger partial charge in [0.1, 0.15) is 5.69 Å². The first-order valence-corrected chi connectivity index (χ1v) is 4.18. The van der Waals surface area contributed by atoms with Crippen LogP contribution < -0.4 is 5.73 Å². The molecule has 1 unspecified atom stereocenters. The fourth-order valence-corrected chi connectivity index (χ4v) is 0.986. The molecule has 13 heavy (non-hydrogen) atoms. The summed E-state index contributed by atoms with van der Waals surface area (Å²) < 4.78 is 1.44. The van der Waals surface area contributed by atoms with E-state index in [2.05, 4.69) is 10.3 Å². The molecule has 5 nitrogen and oxygen atoms in total. The van der Waals surface area contributed by atoms with E-state index in [4.69, 9.17) is 5.73 Å². The van der Waals surface area contributed by atoms with Crippen LogP contribution in [0.1, 0.15) is 24.3 Å². The first-order chi connectivity index (χ1) is 6.04. The molecule has 0 aliphatic heterocycles. The van der Waals surface area contributed by atoms with E-state index in [0.717, 1.165) is 0 Å². The summed E-state index contributed by atoms with van der Waals surface area (Å²) >= 11 is 0. The molecule has 0 aliphatic carbocycles. The maximum Gasteiger partial charge on any atom is 0.199 e. The smallest absolute Gasteiger partial charge is 0.199 e. The van der Waals surface area contributed by atoms with Crippen molar-refractivity contribution in [1.82, 2.24) is 15.0 Å². The third kappa shape index (κ3) is 1.92. The molecule has 1 heterocycles. The zero-order valence-electron chi connectivity index (χ0n) is 8.06.